The van der Waals surface area contributed by atoms with Crippen molar-refractivity contribution in [2.75, 3.05) is 19.0 Å². The molecule has 0 atom stereocenters. The first-order valence-electron chi connectivity index (χ1n) is 7.03. The van der Waals surface area contributed by atoms with Gasteiger partial charge in [-0.15, -0.1) is 0 Å². The number of aliphatic imine (C=N–C) groups is 1. The molecule has 21 heavy (non-hydrogen) atoms. The predicted octanol–water partition coefficient (Wildman–Crippen LogP) is 4.61. The Labute approximate surface area is 125 Å². The summed E-state index contributed by atoms with van der Waals surface area (Å²) in [6.07, 6.45) is 1.94. The molecule has 3 rings (SSSR count). The van der Waals surface area contributed by atoms with Gasteiger partial charge in [0.25, 0.3) is 0 Å². The molecule has 0 N–H and O–H groups in total. The lowest BCUT2D eigenvalue weighted by Crippen LogP contribution is -2.07. The SMILES string of the molecule is CN(C)c1ccc(N=Cc2ccc3cccccc2-3)cc1. The number of rotatable bonds is 3. The second-order valence-corrected chi connectivity index (χ2v) is 5.24. The van der Waals surface area contributed by atoms with Gasteiger partial charge in [0.05, 0.1) is 5.69 Å². The minimum atomic E-state index is 0.968. The summed E-state index contributed by atoms with van der Waals surface area (Å²) in [4.78, 5) is 6.66. The van der Waals surface area contributed by atoms with Gasteiger partial charge in [0.15, 0.2) is 0 Å². The minimum Gasteiger partial charge on any atom is -0.378 e. The maximum absolute atomic E-state index is 4.58. The number of hydrogen-bond acceptors (Lipinski definition) is 2. The summed E-state index contributed by atoms with van der Waals surface area (Å²) in [6.45, 7) is 0. The monoisotopic (exact) mass is 274 g/mol. The Balaban J connectivity index is 1.86. The highest BCUT2D eigenvalue weighted by atomic mass is 15.1. The van der Waals surface area contributed by atoms with Crippen molar-refractivity contribution in [1.82, 2.24) is 0 Å². The summed E-state index contributed by atoms with van der Waals surface area (Å²) < 4.78 is 0. The van der Waals surface area contributed by atoms with Crippen LogP contribution in [0.1, 0.15) is 5.56 Å². The highest BCUT2D eigenvalue weighted by Gasteiger charge is 2.05. The highest BCUT2D eigenvalue weighted by Crippen LogP contribution is 2.26. The lowest BCUT2D eigenvalue weighted by molar-refractivity contribution is 1.13. The van der Waals surface area contributed by atoms with Gasteiger partial charge < -0.3 is 4.90 Å². The molecule has 0 saturated carbocycles. The van der Waals surface area contributed by atoms with Crippen molar-refractivity contribution in [1.29, 1.82) is 0 Å². The van der Waals surface area contributed by atoms with Crippen LogP contribution in [0, 0.1) is 0 Å². The maximum Gasteiger partial charge on any atom is 0.0631 e. The van der Waals surface area contributed by atoms with Gasteiger partial charge >= 0.3 is 0 Å². The zero-order valence-electron chi connectivity index (χ0n) is 12.3. The van der Waals surface area contributed by atoms with E-state index in [-0.39, 0.29) is 0 Å². The highest BCUT2D eigenvalue weighted by molar-refractivity contribution is 5.93. The standard InChI is InChI=1S/C19H18N2/c1-21(2)18-12-10-17(11-13-18)20-14-16-9-8-15-6-4-3-5-7-19(15)16/h3-14H,1-2H3. The van der Waals surface area contributed by atoms with E-state index in [9.17, 15) is 0 Å². The third-order valence-electron chi connectivity index (χ3n) is 3.54. The Bertz CT molecular complexity index is 727. The van der Waals surface area contributed by atoms with Gasteiger partial charge in [0.1, 0.15) is 0 Å². The summed E-state index contributed by atoms with van der Waals surface area (Å²) in [6, 6.07) is 22.9. The van der Waals surface area contributed by atoms with E-state index in [1.807, 2.05) is 38.5 Å². The Morgan fingerprint density at radius 1 is 0.810 bits per heavy atom. The zero-order chi connectivity index (χ0) is 14.7. The first-order valence-corrected chi connectivity index (χ1v) is 7.03. The Kier molecular flexibility index (Phi) is 3.69. The van der Waals surface area contributed by atoms with Crippen molar-refractivity contribution in [3.63, 3.8) is 0 Å². The van der Waals surface area contributed by atoms with Gasteiger partial charge in [0, 0.05) is 31.6 Å². The zero-order valence-corrected chi connectivity index (χ0v) is 12.3. The summed E-state index contributed by atoms with van der Waals surface area (Å²) >= 11 is 0. The molecule has 2 aliphatic carbocycles. The van der Waals surface area contributed by atoms with Gasteiger partial charge in [-0.3, -0.25) is 4.99 Å². The van der Waals surface area contributed by atoms with Crippen LogP contribution in [0.25, 0.3) is 11.1 Å². The fraction of sp³-hybridized carbons (Fsp3) is 0.105. The number of benzene rings is 1. The molecule has 0 saturated heterocycles. The van der Waals surface area contributed by atoms with E-state index in [2.05, 4.69) is 58.4 Å². The van der Waals surface area contributed by atoms with Crippen LogP contribution in [-0.2, 0) is 0 Å². The van der Waals surface area contributed by atoms with Crippen LogP contribution in [-0.4, -0.2) is 20.3 Å². The Hall–Kier alpha value is -2.61. The number of nitrogens with zero attached hydrogens (tertiary/aromatic N) is 2. The molecule has 0 heterocycles. The van der Waals surface area contributed by atoms with Crippen LogP contribution in [0.2, 0.25) is 0 Å². The molecular weight excluding hydrogens is 256 g/mol. The average Bonchev–Trinajstić information content (AvgIpc) is 2.72. The van der Waals surface area contributed by atoms with Crippen LogP contribution < -0.4 is 4.90 Å². The van der Waals surface area contributed by atoms with E-state index in [1.165, 1.54) is 16.8 Å². The van der Waals surface area contributed by atoms with Gasteiger partial charge in [-0.25, -0.2) is 0 Å². The maximum atomic E-state index is 4.58. The van der Waals surface area contributed by atoms with E-state index in [0.717, 1.165) is 11.3 Å². The molecule has 0 unspecified atom stereocenters. The predicted molar refractivity (Wildman–Crippen MR) is 91.1 cm³/mol. The molecule has 2 aliphatic rings. The third-order valence-corrected chi connectivity index (χ3v) is 3.54. The van der Waals surface area contributed by atoms with Gasteiger partial charge in [-0.2, -0.15) is 0 Å². The number of hydrogen-bond donors (Lipinski definition) is 0. The molecule has 0 fully saturated rings. The summed E-state index contributed by atoms with van der Waals surface area (Å²) in [5.41, 5.74) is 5.77. The normalized spacial score (nSPS) is 11.1. The smallest absolute Gasteiger partial charge is 0.0631 e. The van der Waals surface area contributed by atoms with Gasteiger partial charge in [0.2, 0.25) is 0 Å². The number of anilines is 1. The quantitative estimate of drug-likeness (QED) is 0.637. The van der Waals surface area contributed by atoms with E-state index in [4.69, 9.17) is 0 Å². The lowest BCUT2D eigenvalue weighted by atomic mass is 10.1. The van der Waals surface area contributed by atoms with Crippen LogP contribution in [0.3, 0.4) is 0 Å². The second-order valence-electron chi connectivity index (χ2n) is 5.24. The van der Waals surface area contributed by atoms with Gasteiger partial charge in [-0.05, 0) is 35.4 Å². The molecule has 1 aromatic carbocycles. The number of fused-ring (bicyclic) bond motifs is 1. The molecule has 1 aromatic rings. The molecule has 0 spiro atoms. The van der Waals surface area contributed by atoms with Crippen molar-refractivity contribution in [3.05, 3.63) is 72.3 Å². The largest absolute Gasteiger partial charge is 0.378 e. The molecule has 0 bridgehead atoms. The molecule has 2 heteroatoms. The van der Waals surface area contributed by atoms with Crippen LogP contribution in [0.5, 0.6) is 0 Å². The topological polar surface area (TPSA) is 15.6 Å². The second kappa shape index (κ2) is 5.80. The lowest BCUT2D eigenvalue weighted by Gasteiger charge is -2.11. The Morgan fingerprint density at radius 2 is 1.57 bits per heavy atom. The average molecular weight is 274 g/mol. The third kappa shape index (κ3) is 2.95. The van der Waals surface area contributed by atoms with Gasteiger partial charge in [-0.1, -0.05) is 42.5 Å². The van der Waals surface area contributed by atoms with Crippen molar-refractivity contribution >= 4 is 17.6 Å². The molecule has 2 nitrogen and oxygen atoms in total. The molecular formula is C19H18N2. The fourth-order valence-electron chi connectivity index (χ4n) is 2.33. The molecule has 104 valence electrons. The molecule has 0 radical (unpaired) electrons. The van der Waals surface area contributed by atoms with Crippen molar-refractivity contribution in [2.24, 2.45) is 4.99 Å². The van der Waals surface area contributed by atoms with Crippen molar-refractivity contribution in [2.45, 2.75) is 0 Å². The van der Waals surface area contributed by atoms with Crippen molar-refractivity contribution in [3.8, 4) is 11.1 Å². The van der Waals surface area contributed by atoms with E-state index < -0.39 is 0 Å². The van der Waals surface area contributed by atoms with E-state index in [1.54, 1.807) is 0 Å². The fourth-order valence-corrected chi connectivity index (χ4v) is 2.33. The van der Waals surface area contributed by atoms with E-state index in [0.29, 0.717) is 0 Å². The van der Waals surface area contributed by atoms with Crippen molar-refractivity contribution < 1.29 is 0 Å². The Morgan fingerprint density at radius 3 is 2.33 bits per heavy atom. The van der Waals surface area contributed by atoms with Crippen LogP contribution in [0.4, 0.5) is 11.4 Å². The van der Waals surface area contributed by atoms with Crippen LogP contribution >= 0.6 is 0 Å². The van der Waals surface area contributed by atoms with Crippen LogP contribution in [0.15, 0.2) is 71.7 Å². The summed E-state index contributed by atoms with van der Waals surface area (Å²) in [5, 5.41) is 0. The molecule has 0 aliphatic heterocycles. The first-order chi connectivity index (χ1) is 10.2. The first kappa shape index (κ1) is 13.4. The summed E-state index contributed by atoms with van der Waals surface area (Å²) in [5.74, 6) is 0. The minimum absolute atomic E-state index is 0.968. The molecule has 0 amide bonds. The summed E-state index contributed by atoms with van der Waals surface area (Å²) in [7, 11) is 4.07. The molecule has 0 aromatic heterocycles. The van der Waals surface area contributed by atoms with E-state index >= 15 is 0 Å².